The molecule has 1 saturated carbocycles. The summed E-state index contributed by atoms with van der Waals surface area (Å²) in [5, 5.41) is 0.949. The largest absolute Gasteiger partial charge is 0.334 e. The summed E-state index contributed by atoms with van der Waals surface area (Å²) in [6, 6.07) is 0.596. The van der Waals surface area contributed by atoms with E-state index in [2.05, 4.69) is 15.8 Å². The molecule has 0 atom stereocenters. The molecule has 1 fully saturated rings. The lowest BCUT2D eigenvalue weighted by Crippen LogP contribution is -2.25. The van der Waals surface area contributed by atoms with E-state index >= 15 is 0 Å². The van der Waals surface area contributed by atoms with Gasteiger partial charge in [-0.3, -0.25) is 0 Å². The minimum Gasteiger partial charge on any atom is -0.334 e. The van der Waals surface area contributed by atoms with Gasteiger partial charge in [-0.05, 0) is 12.8 Å². The van der Waals surface area contributed by atoms with Crippen molar-refractivity contribution in [2.45, 2.75) is 18.9 Å². The third-order valence-electron chi connectivity index (χ3n) is 1.96. The molecule has 0 amide bonds. The number of nitrogens with zero attached hydrogens (tertiary/aromatic N) is 2. The lowest BCUT2D eigenvalue weighted by molar-refractivity contribution is 0.865. The van der Waals surface area contributed by atoms with Crippen LogP contribution in [0.5, 0.6) is 0 Å². The number of halogens is 1. The van der Waals surface area contributed by atoms with Crippen molar-refractivity contribution in [3.63, 3.8) is 0 Å². The van der Waals surface area contributed by atoms with Gasteiger partial charge >= 0.3 is 0 Å². The van der Waals surface area contributed by atoms with Crippen molar-refractivity contribution in [2.75, 3.05) is 11.4 Å². The quantitative estimate of drug-likeness (QED) is 0.716. The molecule has 1 aliphatic carbocycles. The van der Waals surface area contributed by atoms with Gasteiger partial charge in [0, 0.05) is 6.04 Å². The third-order valence-corrected chi connectivity index (χ3v) is 3.11. The number of rotatable bonds is 3. The first-order valence-corrected chi connectivity index (χ1v) is 5.32. The van der Waals surface area contributed by atoms with Crippen molar-refractivity contribution in [1.29, 1.82) is 0 Å². The molecule has 0 aromatic carbocycles. The smallest absolute Gasteiger partial charge is 0.187 e. The second-order valence-corrected chi connectivity index (χ2v) is 4.65. The lowest BCUT2D eigenvalue weighted by atomic mass is 10.5. The Labute approximate surface area is 86.5 Å². The average Bonchev–Trinajstić information content (AvgIpc) is 2.85. The second-order valence-electron chi connectivity index (χ2n) is 3.01. The lowest BCUT2D eigenvalue weighted by Gasteiger charge is -2.17. The van der Waals surface area contributed by atoms with E-state index in [0.29, 0.717) is 12.6 Å². The van der Waals surface area contributed by atoms with Crippen molar-refractivity contribution in [2.24, 2.45) is 0 Å². The standard InChI is InChI=1S/C9H9ClN2S/c1-2-5-12(7-3-4-7)9-11-6-8(10)13-9/h1,6-7H,3-5H2. The number of terminal acetylenes is 1. The molecule has 2 nitrogen and oxygen atoms in total. The van der Waals surface area contributed by atoms with Crippen LogP contribution in [0.3, 0.4) is 0 Å². The Hall–Kier alpha value is -0.720. The molecule has 1 heterocycles. The normalized spacial score (nSPS) is 15.4. The molecular formula is C9H9ClN2S. The molecule has 0 N–H and O–H groups in total. The van der Waals surface area contributed by atoms with Gasteiger partial charge in [-0.1, -0.05) is 28.9 Å². The van der Waals surface area contributed by atoms with Crippen LogP contribution < -0.4 is 4.90 Å². The van der Waals surface area contributed by atoms with Gasteiger partial charge in [0.1, 0.15) is 4.34 Å². The summed E-state index contributed by atoms with van der Waals surface area (Å²) < 4.78 is 0.720. The fourth-order valence-corrected chi connectivity index (χ4v) is 2.19. The zero-order valence-corrected chi connectivity index (χ0v) is 8.61. The van der Waals surface area contributed by atoms with Crippen LogP contribution in [-0.2, 0) is 0 Å². The molecule has 1 aliphatic rings. The number of aromatic nitrogens is 1. The maximum Gasteiger partial charge on any atom is 0.187 e. The number of anilines is 1. The van der Waals surface area contributed by atoms with E-state index in [9.17, 15) is 0 Å². The molecule has 4 heteroatoms. The first-order chi connectivity index (χ1) is 6.31. The third kappa shape index (κ3) is 1.96. The van der Waals surface area contributed by atoms with Crippen LogP contribution in [0, 0.1) is 12.3 Å². The van der Waals surface area contributed by atoms with Crippen molar-refractivity contribution < 1.29 is 0 Å². The Kier molecular flexibility index (Phi) is 2.43. The molecule has 0 radical (unpaired) electrons. The van der Waals surface area contributed by atoms with E-state index in [0.717, 1.165) is 9.47 Å². The van der Waals surface area contributed by atoms with E-state index in [1.54, 1.807) is 6.20 Å². The Bertz CT molecular complexity index is 338. The average molecular weight is 213 g/mol. The number of hydrogen-bond donors (Lipinski definition) is 0. The highest BCUT2D eigenvalue weighted by atomic mass is 35.5. The molecule has 0 bridgehead atoms. The van der Waals surface area contributed by atoms with E-state index < -0.39 is 0 Å². The molecule has 68 valence electrons. The van der Waals surface area contributed by atoms with Crippen LogP contribution in [0.15, 0.2) is 6.20 Å². The Morgan fingerprint density at radius 2 is 2.54 bits per heavy atom. The predicted molar refractivity (Wildman–Crippen MR) is 56.3 cm³/mol. The minimum atomic E-state index is 0.596. The van der Waals surface area contributed by atoms with Crippen LogP contribution >= 0.6 is 22.9 Å². The molecule has 1 aromatic heterocycles. The summed E-state index contributed by atoms with van der Waals surface area (Å²) in [7, 11) is 0. The van der Waals surface area contributed by atoms with Gasteiger partial charge in [-0.2, -0.15) is 0 Å². The summed E-state index contributed by atoms with van der Waals surface area (Å²) in [5.41, 5.74) is 0. The molecule has 0 aliphatic heterocycles. The highest BCUT2D eigenvalue weighted by molar-refractivity contribution is 7.19. The van der Waals surface area contributed by atoms with E-state index in [1.807, 2.05) is 0 Å². The Morgan fingerprint density at radius 3 is 3.00 bits per heavy atom. The summed E-state index contributed by atoms with van der Waals surface area (Å²) in [6.07, 6.45) is 9.41. The molecule has 0 unspecified atom stereocenters. The summed E-state index contributed by atoms with van der Waals surface area (Å²) in [5.74, 6) is 2.65. The molecule has 2 rings (SSSR count). The van der Waals surface area contributed by atoms with Crippen LogP contribution in [0.25, 0.3) is 0 Å². The van der Waals surface area contributed by atoms with Crippen LogP contribution in [0.2, 0.25) is 4.34 Å². The molecule has 13 heavy (non-hydrogen) atoms. The predicted octanol–water partition coefficient (Wildman–Crippen LogP) is 2.40. The monoisotopic (exact) mass is 212 g/mol. The van der Waals surface area contributed by atoms with Gasteiger partial charge in [0.25, 0.3) is 0 Å². The summed E-state index contributed by atoms with van der Waals surface area (Å²) in [6.45, 7) is 0.633. The van der Waals surface area contributed by atoms with Gasteiger partial charge in [0.15, 0.2) is 5.13 Å². The fourth-order valence-electron chi connectivity index (χ4n) is 1.22. The number of thiazole rings is 1. The van der Waals surface area contributed by atoms with Crippen molar-refractivity contribution in [3.8, 4) is 12.3 Å². The molecule has 1 aromatic rings. The highest BCUT2D eigenvalue weighted by Crippen LogP contribution is 2.34. The number of hydrogen-bond acceptors (Lipinski definition) is 3. The van der Waals surface area contributed by atoms with Crippen LogP contribution in [-0.4, -0.2) is 17.6 Å². The highest BCUT2D eigenvalue weighted by Gasteiger charge is 2.30. The molecular weight excluding hydrogens is 204 g/mol. The van der Waals surface area contributed by atoms with Crippen molar-refractivity contribution in [3.05, 3.63) is 10.5 Å². The van der Waals surface area contributed by atoms with Gasteiger partial charge in [0.2, 0.25) is 0 Å². The van der Waals surface area contributed by atoms with Gasteiger partial charge in [-0.15, -0.1) is 6.42 Å². The minimum absolute atomic E-state index is 0.596. The first kappa shape index (κ1) is 8.86. The topological polar surface area (TPSA) is 16.1 Å². The second kappa shape index (κ2) is 3.57. The van der Waals surface area contributed by atoms with E-state index in [4.69, 9.17) is 18.0 Å². The van der Waals surface area contributed by atoms with E-state index in [-0.39, 0.29) is 0 Å². The van der Waals surface area contributed by atoms with Crippen molar-refractivity contribution >= 4 is 28.1 Å². The van der Waals surface area contributed by atoms with Crippen LogP contribution in [0.1, 0.15) is 12.8 Å². The zero-order chi connectivity index (χ0) is 9.26. The SMILES string of the molecule is C#CCN(c1ncc(Cl)s1)C1CC1. The van der Waals surface area contributed by atoms with Gasteiger partial charge in [-0.25, -0.2) is 4.98 Å². The maximum absolute atomic E-state index is 5.81. The molecule has 0 spiro atoms. The first-order valence-electron chi connectivity index (χ1n) is 4.12. The van der Waals surface area contributed by atoms with Gasteiger partial charge < -0.3 is 4.90 Å². The maximum atomic E-state index is 5.81. The summed E-state index contributed by atoms with van der Waals surface area (Å²) >= 11 is 7.30. The van der Waals surface area contributed by atoms with Gasteiger partial charge in [0.05, 0.1) is 12.7 Å². The summed E-state index contributed by atoms with van der Waals surface area (Å²) in [4.78, 5) is 6.36. The van der Waals surface area contributed by atoms with Crippen molar-refractivity contribution in [1.82, 2.24) is 4.98 Å². The van der Waals surface area contributed by atoms with Crippen LogP contribution in [0.4, 0.5) is 5.13 Å². The Morgan fingerprint density at radius 1 is 1.77 bits per heavy atom. The Balaban J connectivity index is 2.15. The zero-order valence-electron chi connectivity index (χ0n) is 7.03. The molecule has 0 saturated heterocycles. The van der Waals surface area contributed by atoms with E-state index in [1.165, 1.54) is 24.2 Å². The fraction of sp³-hybridized carbons (Fsp3) is 0.444.